The van der Waals surface area contributed by atoms with Crippen LogP contribution >= 0.6 is 15.9 Å². The second-order valence-electron chi connectivity index (χ2n) is 4.36. The van der Waals surface area contributed by atoms with Gasteiger partial charge in [0.15, 0.2) is 0 Å². The van der Waals surface area contributed by atoms with Crippen molar-refractivity contribution in [2.45, 2.75) is 18.9 Å². The molecule has 3 nitrogen and oxygen atoms in total. The van der Waals surface area contributed by atoms with Crippen LogP contribution in [0.25, 0.3) is 0 Å². The molecular weight excluding hydrogens is 287 g/mol. The van der Waals surface area contributed by atoms with E-state index in [9.17, 15) is 9.18 Å². The van der Waals surface area contributed by atoms with E-state index in [0.717, 1.165) is 6.54 Å². The third kappa shape index (κ3) is 3.26. The zero-order valence-corrected chi connectivity index (χ0v) is 10.8. The fourth-order valence-corrected chi connectivity index (χ4v) is 1.93. The summed E-state index contributed by atoms with van der Waals surface area (Å²) >= 11 is 3.08. The molecule has 1 atom stereocenters. The molecule has 5 heteroatoms. The molecule has 17 heavy (non-hydrogen) atoms. The molecule has 1 aliphatic rings. The Labute approximate surface area is 108 Å². The zero-order valence-electron chi connectivity index (χ0n) is 9.25. The summed E-state index contributed by atoms with van der Waals surface area (Å²) in [6, 6.07) is 4.00. The molecule has 1 aliphatic carbocycles. The highest BCUT2D eigenvalue weighted by atomic mass is 79.9. The van der Waals surface area contributed by atoms with E-state index >= 15 is 0 Å². The second-order valence-corrected chi connectivity index (χ2v) is 5.21. The zero-order chi connectivity index (χ0) is 12.4. The van der Waals surface area contributed by atoms with Gasteiger partial charge in [0, 0.05) is 0 Å². The van der Waals surface area contributed by atoms with Crippen LogP contribution in [0.4, 0.5) is 4.39 Å². The Balaban J connectivity index is 2.12. The molecule has 0 aliphatic heterocycles. The fraction of sp³-hybridized carbons (Fsp3) is 0.417. The summed E-state index contributed by atoms with van der Waals surface area (Å²) in [6.07, 6.45) is 2.38. The van der Waals surface area contributed by atoms with Crippen molar-refractivity contribution in [3.05, 3.63) is 34.1 Å². The molecule has 0 aromatic heterocycles. The van der Waals surface area contributed by atoms with Gasteiger partial charge in [-0.3, -0.25) is 4.79 Å². The lowest BCUT2D eigenvalue weighted by Crippen LogP contribution is -2.34. The number of hydrogen-bond donors (Lipinski definition) is 2. The van der Waals surface area contributed by atoms with Crippen LogP contribution in [0.15, 0.2) is 22.7 Å². The van der Waals surface area contributed by atoms with E-state index in [4.69, 9.17) is 5.73 Å². The van der Waals surface area contributed by atoms with Crippen LogP contribution < -0.4 is 11.1 Å². The summed E-state index contributed by atoms with van der Waals surface area (Å²) in [7, 11) is 0. The van der Waals surface area contributed by atoms with Crippen molar-refractivity contribution in [3.63, 3.8) is 0 Å². The number of nitrogens with one attached hydrogen (secondary N) is 1. The number of amides is 1. The van der Waals surface area contributed by atoms with Crippen LogP contribution in [0.1, 0.15) is 24.4 Å². The minimum Gasteiger partial charge on any atom is -0.368 e. The average molecular weight is 301 g/mol. The van der Waals surface area contributed by atoms with Gasteiger partial charge in [0.1, 0.15) is 11.9 Å². The summed E-state index contributed by atoms with van der Waals surface area (Å²) < 4.78 is 13.8. The normalized spacial score (nSPS) is 16.8. The summed E-state index contributed by atoms with van der Waals surface area (Å²) in [4.78, 5) is 11.4. The van der Waals surface area contributed by atoms with Gasteiger partial charge in [-0.1, -0.05) is 6.07 Å². The number of primary amides is 1. The molecule has 1 amide bonds. The Bertz CT molecular complexity index is 435. The lowest BCUT2D eigenvalue weighted by Gasteiger charge is -2.16. The Morgan fingerprint density at radius 1 is 1.59 bits per heavy atom. The van der Waals surface area contributed by atoms with Crippen molar-refractivity contribution in [2.24, 2.45) is 11.7 Å². The molecule has 92 valence electrons. The van der Waals surface area contributed by atoms with Crippen LogP contribution in [-0.2, 0) is 4.79 Å². The van der Waals surface area contributed by atoms with Crippen molar-refractivity contribution >= 4 is 21.8 Å². The molecule has 1 aromatic rings. The summed E-state index contributed by atoms with van der Waals surface area (Å²) in [5, 5.41) is 3.09. The van der Waals surface area contributed by atoms with E-state index in [-0.39, 0.29) is 5.82 Å². The number of nitrogens with two attached hydrogens (primary N) is 1. The number of carbonyl (C=O) groups is 1. The Kier molecular flexibility index (Phi) is 3.79. The number of hydrogen-bond acceptors (Lipinski definition) is 2. The Morgan fingerprint density at radius 3 is 2.82 bits per heavy atom. The molecule has 0 heterocycles. The average Bonchev–Trinajstić information content (AvgIpc) is 3.07. The minimum atomic E-state index is -0.613. The van der Waals surface area contributed by atoms with Gasteiger partial charge in [-0.15, -0.1) is 0 Å². The minimum absolute atomic E-state index is 0.381. The van der Waals surface area contributed by atoms with E-state index in [0.29, 0.717) is 16.0 Å². The number of rotatable bonds is 5. The molecule has 2 rings (SSSR count). The van der Waals surface area contributed by atoms with Crippen LogP contribution in [0.2, 0.25) is 0 Å². The predicted octanol–water partition coefficient (Wildman–Crippen LogP) is 2.11. The van der Waals surface area contributed by atoms with Crippen molar-refractivity contribution in [2.75, 3.05) is 6.54 Å². The second kappa shape index (κ2) is 5.14. The first-order valence-corrected chi connectivity index (χ1v) is 6.35. The third-order valence-corrected chi connectivity index (χ3v) is 3.51. The molecule has 1 aromatic carbocycles. The van der Waals surface area contributed by atoms with Crippen molar-refractivity contribution < 1.29 is 9.18 Å². The molecular formula is C12H14BrFN2O. The summed E-state index contributed by atoms with van der Waals surface area (Å²) in [6.45, 7) is 0.755. The quantitative estimate of drug-likeness (QED) is 0.875. The first-order valence-electron chi connectivity index (χ1n) is 5.55. The molecule has 0 bridgehead atoms. The number of halogens is 2. The molecule has 1 unspecified atom stereocenters. The highest BCUT2D eigenvalue weighted by Gasteiger charge is 2.25. The molecule has 0 spiro atoms. The molecule has 0 radical (unpaired) electrons. The van der Waals surface area contributed by atoms with Crippen LogP contribution in [-0.4, -0.2) is 12.5 Å². The first kappa shape index (κ1) is 12.5. The topological polar surface area (TPSA) is 55.1 Å². The van der Waals surface area contributed by atoms with E-state index in [1.165, 1.54) is 18.9 Å². The van der Waals surface area contributed by atoms with Gasteiger partial charge < -0.3 is 11.1 Å². The smallest absolute Gasteiger partial charge is 0.239 e. The van der Waals surface area contributed by atoms with Gasteiger partial charge in [0.2, 0.25) is 5.91 Å². The van der Waals surface area contributed by atoms with E-state index < -0.39 is 11.9 Å². The van der Waals surface area contributed by atoms with Gasteiger partial charge in [-0.2, -0.15) is 0 Å². The van der Waals surface area contributed by atoms with Gasteiger partial charge >= 0.3 is 0 Å². The Hall–Kier alpha value is -0.940. The van der Waals surface area contributed by atoms with Crippen LogP contribution in [0, 0.1) is 11.7 Å². The van der Waals surface area contributed by atoms with Gasteiger partial charge in [0.05, 0.1) is 4.47 Å². The maximum Gasteiger partial charge on any atom is 0.239 e. The van der Waals surface area contributed by atoms with Crippen molar-refractivity contribution in [3.8, 4) is 0 Å². The van der Waals surface area contributed by atoms with Crippen LogP contribution in [0.3, 0.4) is 0 Å². The summed E-state index contributed by atoms with van der Waals surface area (Å²) in [5.41, 5.74) is 5.90. The first-order chi connectivity index (χ1) is 8.08. The monoisotopic (exact) mass is 300 g/mol. The van der Waals surface area contributed by atoms with Crippen molar-refractivity contribution in [1.82, 2.24) is 5.32 Å². The van der Waals surface area contributed by atoms with E-state index in [1.54, 1.807) is 12.1 Å². The largest absolute Gasteiger partial charge is 0.368 e. The maximum atomic E-state index is 13.4. The lowest BCUT2D eigenvalue weighted by atomic mass is 10.1. The Morgan fingerprint density at radius 2 is 2.29 bits per heavy atom. The highest BCUT2D eigenvalue weighted by Crippen LogP contribution is 2.29. The third-order valence-electron chi connectivity index (χ3n) is 2.87. The summed E-state index contributed by atoms with van der Waals surface area (Å²) in [5.74, 6) is -0.230. The van der Waals surface area contributed by atoms with Crippen LogP contribution in [0.5, 0.6) is 0 Å². The number of benzene rings is 1. The number of carbonyl (C=O) groups excluding carboxylic acids is 1. The van der Waals surface area contributed by atoms with Gasteiger partial charge in [0.25, 0.3) is 0 Å². The van der Waals surface area contributed by atoms with E-state index in [1.807, 2.05) is 0 Å². The van der Waals surface area contributed by atoms with Gasteiger partial charge in [-0.05, 0) is 58.9 Å². The molecule has 1 fully saturated rings. The van der Waals surface area contributed by atoms with E-state index in [2.05, 4.69) is 21.2 Å². The SMILES string of the molecule is NC(=O)C(NCC1CC1)c1ccc(Br)c(F)c1. The standard InChI is InChI=1S/C12H14BrFN2O/c13-9-4-3-8(5-10(9)14)11(12(15)17)16-6-7-1-2-7/h3-5,7,11,16H,1-2,6H2,(H2,15,17). The maximum absolute atomic E-state index is 13.4. The van der Waals surface area contributed by atoms with Crippen molar-refractivity contribution in [1.29, 1.82) is 0 Å². The van der Waals surface area contributed by atoms with Gasteiger partial charge in [-0.25, -0.2) is 4.39 Å². The highest BCUT2D eigenvalue weighted by molar-refractivity contribution is 9.10. The molecule has 1 saturated carbocycles. The molecule has 0 saturated heterocycles. The molecule has 3 N–H and O–H groups in total. The fourth-order valence-electron chi connectivity index (χ4n) is 1.68. The lowest BCUT2D eigenvalue weighted by molar-refractivity contribution is -0.120. The predicted molar refractivity (Wildman–Crippen MR) is 66.8 cm³/mol.